The average Bonchev–Trinajstić information content (AvgIpc) is 2.39. The van der Waals surface area contributed by atoms with Crippen LogP contribution in [0.4, 0.5) is 0 Å². The zero-order valence-corrected chi connectivity index (χ0v) is 12.3. The molecule has 4 nitrogen and oxygen atoms in total. The Bertz CT molecular complexity index is 285. The summed E-state index contributed by atoms with van der Waals surface area (Å²) in [5.74, 6) is 0. The SMILES string of the molecule is C\C=C/C(=C\C=C\N(C)CCOCCOC)CCO. The van der Waals surface area contributed by atoms with Crippen LogP contribution >= 0.6 is 0 Å². The fraction of sp³-hybridized carbons (Fsp3) is 0.600. The molecule has 0 aliphatic rings. The van der Waals surface area contributed by atoms with Gasteiger partial charge in [-0.2, -0.15) is 0 Å². The summed E-state index contributed by atoms with van der Waals surface area (Å²) in [6.07, 6.45) is 10.7. The van der Waals surface area contributed by atoms with Crippen molar-refractivity contribution in [2.45, 2.75) is 13.3 Å². The minimum absolute atomic E-state index is 0.174. The van der Waals surface area contributed by atoms with E-state index in [-0.39, 0.29) is 6.61 Å². The van der Waals surface area contributed by atoms with E-state index in [1.54, 1.807) is 7.11 Å². The number of likely N-dealkylation sites (N-methyl/N-ethyl adjacent to an activating group) is 1. The number of nitrogens with zero attached hydrogens (tertiary/aromatic N) is 1. The maximum Gasteiger partial charge on any atom is 0.0701 e. The Labute approximate surface area is 117 Å². The largest absolute Gasteiger partial charge is 0.396 e. The van der Waals surface area contributed by atoms with Crippen molar-refractivity contribution in [3.05, 3.63) is 36.1 Å². The predicted molar refractivity (Wildman–Crippen MR) is 79.1 cm³/mol. The first kappa shape index (κ1) is 17.9. The summed E-state index contributed by atoms with van der Waals surface area (Å²) >= 11 is 0. The maximum absolute atomic E-state index is 8.92. The number of ether oxygens (including phenoxy) is 2. The van der Waals surface area contributed by atoms with Gasteiger partial charge in [0, 0.05) is 27.3 Å². The van der Waals surface area contributed by atoms with Gasteiger partial charge in [0.2, 0.25) is 0 Å². The van der Waals surface area contributed by atoms with Crippen LogP contribution in [0.2, 0.25) is 0 Å². The van der Waals surface area contributed by atoms with Crippen molar-refractivity contribution in [2.24, 2.45) is 0 Å². The first-order valence-corrected chi connectivity index (χ1v) is 6.62. The number of aliphatic hydroxyl groups excluding tert-OH is 1. The van der Waals surface area contributed by atoms with Gasteiger partial charge in [0.15, 0.2) is 0 Å². The summed E-state index contributed by atoms with van der Waals surface area (Å²) in [4.78, 5) is 2.07. The van der Waals surface area contributed by atoms with Gasteiger partial charge in [-0.3, -0.25) is 0 Å². The second kappa shape index (κ2) is 13.3. The first-order valence-electron chi connectivity index (χ1n) is 6.62. The summed E-state index contributed by atoms with van der Waals surface area (Å²) in [5.41, 5.74) is 1.12. The molecule has 0 radical (unpaired) electrons. The van der Waals surface area contributed by atoms with Crippen LogP contribution in [0.25, 0.3) is 0 Å². The second-order valence-electron chi connectivity index (χ2n) is 4.14. The van der Waals surface area contributed by atoms with E-state index < -0.39 is 0 Å². The molecule has 0 unspecified atom stereocenters. The van der Waals surface area contributed by atoms with Crippen molar-refractivity contribution in [2.75, 3.05) is 47.1 Å². The van der Waals surface area contributed by atoms with Crippen molar-refractivity contribution in [3.63, 3.8) is 0 Å². The van der Waals surface area contributed by atoms with Gasteiger partial charge in [0.25, 0.3) is 0 Å². The molecule has 0 aromatic heterocycles. The van der Waals surface area contributed by atoms with Crippen LogP contribution in [-0.4, -0.2) is 57.1 Å². The second-order valence-corrected chi connectivity index (χ2v) is 4.14. The molecule has 0 aromatic rings. The van der Waals surface area contributed by atoms with Crippen LogP contribution in [0.5, 0.6) is 0 Å². The van der Waals surface area contributed by atoms with Gasteiger partial charge >= 0.3 is 0 Å². The van der Waals surface area contributed by atoms with Crippen LogP contribution < -0.4 is 0 Å². The lowest BCUT2D eigenvalue weighted by molar-refractivity contribution is 0.0650. The highest BCUT2D eigenvalue weighted by molar-refractivity contribution is 5.23. The Balaban J connectivity index is 3.92. The van der Waals surface area contributed by atoms with E-state index in [1.165, 1.54) is 0 Å². The normalized spacial score (nSPS) is 12.7. The van der Waals surface area contributed by atoms with Crippen molar-refractivity contribution >= 4 is 0 Å². The van der Waals surface area contributed by atoms with E-state index in [1.807, 2.05) is 44.5 Å². The van der Waals surface area contributed by atoms with Gasteiger partial charge < -0.3 is 19.5 Å². The molecule has 0 atom stereocenters. The standard InChI is InChI=1S/C15H27NO3/c1-4-6-15(8-11-17)7-5-9-16(2)10-12-19-14-13-18-3/h4-7,9,17H,8,10-14H2,1-3H3/b6-4-,9-5+,15-7+. The number of hydrogen-bond donors (Lipinski definition) is 1. The van der Waals surface area contributed by atoms with Gasteiger partial charge in [0.05, 0.1) is 19.8 Å². The Morgan fingerprint density at radius 3 is 2.68 bits per heavy atom. The van der Waals surface area contributed by atoms with Crippen molar-refractivity contribution in [3.8, 4) is 0 Å². The molecule has 110 valence electrons. The summed E-state index contributed by atoms with van der Waals surface area (Å²) in [5, 5.41) is 8.92. The molecule has 0 bridgehead atoms. The monoisotopic (exact) mass is 269 g/mol. The highest BCUT2D eigenvalue weighted by atomic mass is 16.5. The molecule has 0 aromatic carbocycles. The third kappa shape index (κ3) is 11.7. The molecule has 4 heteroatoms. The van der Waals surface area contributed by atoms with Crippen LogP contribution in [0.3, 0.4) is 0 Å². The van der Waals surface area contributed by atoms with Gasteiger partial charge in [-0.15, -0.1) is 0 Å². The lowest BCUT2D eigenvalue weighted by atomic mass is 10.1. The van der Waals surface area contributed by atoms with Crippen molar-refractivity contribution < 1.29 is 14.6 Å². The molecular formula is C15H27NO3. The van der Waals surface area contributed by atoms with E-state index in [2.05, 4.69) is 4.90 Å². The maximum atomic E-state index is 8.92. The minimum atomic E-state index is 0.174. The molecule has 0 aliphatic heterocycles. The summed E-state index contributed by atoms with van der Waals surface area (Å²) in [7, 11) is 3.67. The Kier molecular flexibility index (Phi) is 12.6. The first-order chi connectivity index (χ1) is 9.24. The highest BCUT2D eigenvalue weighted by Crippen LogP contribution is 2.03. The highest BCUT2D eigenvalue weighted by Gasteiger charge is 1.92. The van der Waals surface area contributed by atoms with Crippen molar-refractivity contribution in [1.29, 1.82) is 0 Å². The lowest BCUT2D eigenvalue weighted by Crippen LogP contribution is -2.18. The topological polar surface area (TPSA) is 41.9 Å². The molecule has 1 N–H and O–H groups in total. The lowest BCUT2D eigenvalue weighted by Gasteiger charge is -2.13. The quantitative estimate of drug-likeness (QED) is 0.460. The molecule has 19 heavy (non-hydrogen) atoms. The smallest absolute Gasteiger partial charge is 0.0701 e. The zero-order valence-electron chi connectivity index (χ0n) is 12.3. The third-order valence-electron chi connectivity index (χ3n) is 2.45. The molecule has 0 saturated heterocycles. The van der Waals surface area contributed by atoms with E-state index in [9.17, 15) is 0 Å². The molecule has 0 rings (SSSR count). The van der Waals surface area contributed by atoms with Gasteiger partial charge in [-0.25, -0.2) is 0 Å². The number of methoxy groups -OCH3 is 1. The van der Waals surface area contributed by atoms with E-state index in [4.69, 9.17) is 14.6 Å². The molecule has 0 spiro atoms. The molecular weight excluding hydrogens is 242 g/mol. The Hall–Kier alpha value is -1.10. The van der Waals surface area contributed by atoms with Gasteiger partial charge in [-0.05, 0) is 31.2 Å². The molecule has 0 amide bonds. The van der Waals surface area contributed by atoms with Gasteiger partial charge in [0.1, 0.15) is 0 Å². The number of allylic oxidation sites excluding steroid dienone is 4. The summed E-state index contributed by atoms with van der Waals surface area (Å²) in [6, 6.07) is 0. The van der Waals surface area contributed by atoms with E-state index in [0.717, 1.165) is 12.1 Å². The average molecular weight is 269 g/mol. The zero-order chi connectivity index (χ0) is 14.3. The third-order valence-corrected chi connectivity index (χ3v) is 2.45. The summed E-state index contributed by atoms with van der Waals surface area (Å²) < 4.78 is 10.3. The molecule has 0 aliphatic carbocycles. The fourth-order valence-electron chi connectivity index (χ4n) is 1.41. The van der Waals surface area contributed by atoms with Crippen LogP contribution in [0, 0.1) is 0 Å². The fourth-order valence-corrected chi connectivity index (χ4v) is 1.41. The Morgan fingerprint density at radius 2 is 2.05 bits per heavy atom. The van der Waals surface area contributed by atoms with Crippen LogP contribution in [0.1, 0.15) is 13.3 Å². The Morgan fingerprint density at radius 1 is 1.26 bits per heavy atom. The van der Waals surface area contributed by atoms with Crippen LogP contribution in [0.15, 0.2) is 36.1 Å². The number of hydrogen-bond acceptors (Lipinski definition) is 4. The minimum Gasteiger partial charge on any atom is -0.396 e. The number of aliphatic hydroxyl groups is 1. The van der Waals surface area contributed by atoms with Gasteiger partial charge in [-0.1, -0.05) is 18.2 Å². The molecule has 0 saturated carbocycles. The predicted octanol–water partition coefficient (Wildman–Crippen LogP) is 1.98. The van der Waals surface area contributed by atoms with E-state index in [0.29, 0.717) is 26.2 Å². The van der Waals surface area contributed by atoms with Crippen LogP contribution in [-0.2, 0) is 9.47 Å². The molecule has 0 heterocycles. The van der Waals surface area contributed by atoms with E-state index >= 15 is 0 Å². The summed E-state index contributed by atoms with van der Waals surface area (Å²) in [6.45, 7) is 4.94. The van der Waals surface area contributed by atoms with Crippen molar-refractivity contribution in [1.82, 2.24) is 4.90 Å². The molecule has 0 fully saturated rings. The number of rotatable bonds is 11.